The third-order valence-electron chi connectivity index (χ3n) is 1.97. The Labute approximate surface area is 103 Å². The van der Waals surface area contributed by atoms with Crippen molar-refractivity contribution in [1.29, 1.82) is 0 Å². The van der Waals surface area contributed by atoms with Gasteiger partial charge in [-0.05, 0) is 24.3 Å². The van der Waals surface area contributed by atoms with Crippen molar-refractivity contribution in [3.8, 4) is 11.5 Å². The van der Waals surface area contributed by atoms with Crippen molar-refractivity contribution in [2.24, 2.45) is 0 Å². The van der Waals surface area contributed by atoms with E-state index in [0.717, 1.165) is 0 Å². The molecule has 0 saturated carbocycles. The molecule has 2 rings (SSSR count). The largest absolute Gasteiger partial charge is 0.454 e. The minimum Gasteiger partial charge on any atom is -0.454 e. The molecule has 0 aliphatic carbocycles. The molecular weight excluding hydrogens is 262 g/mol. The second kappa shape index (κ2) is 4.73. The Balaban J connectivity index is 2.41. The molecule has 17 heavy (non-hydrogen) atoms. The quantitative estimate of drug-likeness (QED) is 0.804. The molecule has 0 bridgehead atoms. The Kier molecular flexibility index (Phi) is 3.31. The lowest BCUT2D eigenvalue weighted by atomic mass is 10.3. The van der Waals surface area contributed by atoms with Crippen LogP contribution in [0.5, 0.6) is 11.5 Å². The van der Waals surface area contributed by atoms with E-state index in [9.17, 15) is 8.42 Å². The van der Waals surface area contributed by atoms with Gasteiger partial charge in [0.2, 0.25) is 0 Å². The van der Waals surface area contributed by atoms with Gasteiger partial charge < -0.3 is 4.74 Å². The van der Waals surface area contributed by atoms with Gasteiger partial charge >= 0.3 is 0 Å². The van der Waals surface area contributed by atoms with Gasteiger partial charge in [-0.25, -0.2) is 8.42 Å². The van der Waals surface area contributed by atoms with E-state index in [0.29, 0.717) is 5.75 Å². The van der Waals surface area contributed by atoms with E-state index in [1.807, 2.05) is 0 Å². The first kappa shape index (κ1) is 11.9. The topological polar surface area (TPSA) is 56.3 Å². The molecule has 0 saturated heterocycles. The standard InChI is InChI=1S/C11H8ClNO3S/c12-17(14,15)11-6-2-1-5-10(11)16-9-4-3-7-13-8-9/h1-8H. The molecule has 1 aromatic carbocycles. The number of benzene rings is 1. The van der Waals surface area contributed by atoms with E-state index in [1.54, 1.807) is 30.5 Å². The van der Waals surface area contributed by atoms with Gasteiger partial charge in [0.05, 0.1) is 6.20 Å². The van der Waals surface area contributed by atoms with Crippen LogP contribution in [0.25, 0.3) is 0 Å². The third-order valence-corrected chi connectivity index (χ3v) is 3.34. The van der Waals surface area contributed by atoms with E-state index >= 15 is 0 Å². The third kappa shape index (κ3) is 2.95. The van der Waals surface area contributed by atoms with Crippen LogP contribution < -0.4 is 4.74 Å². The lowest BCUT2D eigenvalue weighted by Crippen LogP contribution is -1.95. The average Bonchev–Trinajstić information content (AvgIpc) is 2.30. The van der Waals surface area contributed by atoms with E-state index in [4.69, 9.17) is 15.4 Å². The first-order chi connectivity index (χ1) is 8.07. The minimum absolute atomic E-state index is 0.0643. The number of rotatable bonds is 3. The normalized spacial score (nSPS) is 11.1. The summed E-state index contributed by atoms with van der Waals surface area (Å²) in [6, 6.07) is 9.51. The molecule has 1 heterocycles. The number of halogens is 1. The lowest BCUT2D eigenvalue weighted by molar-refractivity contribution is 0.466. The van der Waals surface area contributed by atoms with E-state index in [-0.39, 0.29) is 10.6 Å². The van der Waals surface area contributed by atoms with Crippen molar-refractivity contribution in [3.05, 3.63) is 48.8 Å². The van der Waals surface area contributed by atoms with E-state index < -0.39 is 9.05 Å². The first-order valence-electron chi connectivity index (χ1n) is 4.69. The number of ether oxygens (including phenoxy) is 1. The van der Waals surface area contributed by atoms with Crippen molar-refractivity contribution >= 4 is 19.7 Å². The van der Waals surface area contributed by atoms with Crippen molar-refractivity contribution in [2.45, 2.75) is 4.90 Å². The number of nitrogens with zero attached hydrogens (tertiary/aromatic N) is 1. The molecule has 4 nitrogen and oxygen atoms in total. The molecule has 0 unspecified atom stereocenters. The zero-order valence-electron chi connectivity index (χ0n) is 8.58. The predicted molar refractivity (Wildman–Crippen MR) is 63.8 cm³/mol. The van der Waals surface area contributed by atoms with Crippen molar-refractivity contribution in [2.75, 3.05) is 0 Å². The molecule has 0 atom stereocenters. The van der Waals surface area contributed by atoms with Gasteiger partial charge in [0.25, 0.3) is 9.05 Å². The number of pyridine rings is 1. The SMILES string of the molecule is O=S(=O)(Cl)c1ccccc1Oc1cccnc1. The Bertz CT molecular complexity index is 614. The number of aromatic nitrogens is 1. The smallest absolute Gasteiger partial charge is 0.265 e. The molecule has 0 aliphatic rings. The predicted octanol–water partition coefficient (Wildman–Crippen LogP) is 2.80. The first-order valence-corrected chi connectivity index (χ1v) is 7.00. The molecule has 88 valence electrons. The summed E-state index contributed by atoms with van der Waals surface area (Å²) in [4.78, 5) is 3.80. The maximum atomic E-state index is 11.3. The fourth-order valence-electron chi connectivity index (χ4n) is 1.27. The minimum atomic E-state index is -3.83. The number of hydrogen-bond acceptors (Lipinski definition) is 4. The molecule has 0 fully saturated rings. The van der Waals surface area contributed by atoms with Gasteiger partial charge in [0.1, 0.15) is 16.4 Å². The Morgan fingerprint density at radius 3 is 2.53 bits per heavy atom. The second-order valence-corrected chi connectivity index (χ2v) is 5.71. The number of para-hydroxylation sites is 1. The molecule has 0 amide bonds. The van der Waals surface area contributed by atoms with Gasteiger partial charge in [0, 0.05) is 16.9 Å². The van der Waals surface area contributed by atoms with Crippen LogP contribution in [0.2, 0.25) is 0 Å². The summed E-state index contributed by atoms with van der Waals surface area (Å²) in [5.74, 6) is 0.621. The summed E-state index contributed by atoms with van der Waals surface area (Å²) in [6.07, 6.45) is 3.08. The molecule has 6 heteroatoms. The summed E-state index contributed by atoms with van der Waals surface area (Å²) in [7, 11) is 1.48. The van der Waals surface area contributed by atoms with Gasteiger partial charge in [-0.15, -0.1) is 0 Å². The Morgan fingerprint density at radius 1 is 1.12 bits per heavy atom. The van der Waals surface area contributed by atoms with Crippen molar-refractivity contribution in [1.82, 2.24) is 4.98 Å². The summed E-state index contributed by atoms with van der Waals surface area (Å²) in [5.41, 5.74) is 0. The Morgan fingerprint density at radius 2 is 1.88 bits per heavy atom. The maximum Gasteiger partial charge on any atom is 0.265 e. The van der Waals surface area contributed by atoms with Gasteiger partial charge in [0.15, 0.2) is 0 Å². The zero-order chi connectivity index (χ0) is 12.3. The molecule has 1 aromatic heterocycles. The van der Waals surface area contributed by atoms with E-state index in [1.165, 1.54) is 18.3 Å². The molecular formula is C11H8ClNO3S. The van der Waals surface area contributed by atoms with Crippen LogP contribution in [-0.4, -0.2) is 13.4 Å². The van der Waals surface area contributed by atoms with Crippen LogP contribution in [0.1, 0.15) is 0 Å². The van der Waals surface area contributed by atoms with Gasteiger partial charge in [-0.3, -0.25) is 4.98 Å². The fourth-order valence-corrected chi connectivity index (χ4v) is 2.24. The summed E-state index contributed by atoms with van der Waals surface area (Å²) >= 11 is 0. The van der Waals surface area contributed by atoms with Crippen LogP contribution >= 0.6 is 10.7 Å². The highest BCUT2D eigenvalue weighted by atomic mass is 35.7. The summed E-state index contributed by atoms with van der Waals surface area (Å²) in [6.45, 7) is 0. The highest BCUT2D eigenvalue weighted by Crippen LogP contribution is 2.30. The molecule has 0 radical (unpaired) electrons. The van der Waals surface area contributed by atoms with E-state index in [2.05, 4.69) is 4.98 Å². The van der Waals surface area contributed by atoms with Gasteiger partial charge in [-0.2, -0.15) is 0 Å². The average molecular weight is 270 g/mol. The molecule has 0 aliphatic heterocycles. The van der Waals surface area contributed by atoms with Crippen molar-refractivity contribution in [3.63, 3.8) is 0 Å². The highest BCUT2D eigenvalue weighted by Gasteiger charge is 2.16. The van der Waals surface area contributed by atoms with Gasteiger partial charge in [-0.1, -0.05) is 12.1 Å². The van der Waals surface area contributed by atoms with Crippen LogP contribution in [0.3, 0.4) is 0 Å². The summed E-state index contributed by atoms with van der Waals surface area (Å²) in [5, 5.41) is 0. The second-order valence-electron chi connectivity index (χ2n) is 3.18. The van der Waals surface area contributed by atoms with Crippen LogP contribution in [0, 0.1) is 0 Å². The highest BCUT2D eigenvalue weighted by molar-refractivity contribution is 8.13. The Hall–Kier alpha value is -1.59. The lowest BCUT2D eigenvalue weighted by Gasteiger charge is -2.07. The molecule has 2 aromatic rings. The molecule has 0 spiro atoms. The number of hydrogen-bond donors (Lipinski definition) is 0. The zero-order valence-corrected chi connectivity index (χ0v) is 10.1. The molecule has 0 N–H and O–H groups in total. The van der Waals surface area contributed by atoms with Crippen LogP contribution in [0.15, 0.2) is 53.7 Å². The fraction of sp³-hybridized carbons (Fsp3) is 0. The maximum absolute atomic E-state index is 11.3. The van der Waals surface area contributed by atoms with Crippen molar-refractivity contribution < 1.29 is 13.2 Å². The van der Waals surface area contributed by atoms with Crippen LogP contribution in [0.4, 0.5) is 0 Å². The monoisotopic (exact) mass is 269 g/mol. The van der Waals surface area contributed by atoms with Crippen LogP contribution in [-0.2, 0) is 9.05 Å². The summed E-state index contributed by atoms with van der Waals surface area (Å²) < 4.78 is 28.0.